The molecule has 0 atom stereocenters. The Morgan fingerprint density at radius 1 is 1.26 bits per heavy atom. The maximum atomic E-state index is 13.4. The number of aliphatic imine (C=N–C) groups is 1. The van der Waals surface area contributed by atoms with Gasteiger partial charge in [-0.3, -0.25) is 4.99 Å². The van der Waals surface area contributed by atoms with E-state index in [0.717, 1.165) is 25.5 Å². The zero-order valence-electron chi connectivity index (χ0n) is 11.6. The Morgan fingerprint density at radius 3 is 2.68 bits per heavy atom. The van der Waals surface area contributed by atoms with Gasteiger partial charge in [0.05, 0.1) is 0 Å². The lowest BCUT2D eigenvalue weighted by atomic mass is 10.1. The van der Waals surface area contributed by atoms with Crippen molar-refractivity contribution in [2.75, 3.05) is 33.9 Å². The van der Waals surface area contributed by atoms with Crippen molar-refractivity contribution < 1.29 is 9.13 Å². The number of halogens is 1. The molecule has 1 aromatic carbocycles. The van der Waals surface area contributed by atoms with Crippen LogP contribution >= 0.6 is 0 Å². The highest BCUT2D eigenvalue weighted by molar-refractivity contribution is 5.79. The third-order valence-electron chi connectivity index (χ3n) is 2.69. The lowest BCUT2D eigenvalue weighted by molar-refractivity contribution is 0.195. The molecule has 0 amide bonds. The van der Waals surface area contributed by atoms with Crippen molar-refractivity contribution in [1.82, 2.24) is 10.6 Å². The van der Waals surface area contributed by atoms with Gasteiger partial charge in [0.25, 0.3) is 0 Å². The summed E-state index contributed by atoms with van der Waals surface area (Å²) in [6, 6.07) is 6.82. The van der Waals surface area contributed by atoms with Crippen LogP contribution in [0.5, 0.6) is 0 Å². The van der Waals surface area contributed by atoms with Gasteiger partial charge in [-0.05, 0) is 24.5 Å². The van der Waals surface area contributed by atoms with Gasteiger partial charge in [0.1, 0.15) is 5.82 Å². The van der Waals surface area contributed by atoms with Crippen LogP contribution in [0.1, 0.15) is 12.0 Å². The standard InChI is InChI=1S/C14H22FN3O/c1-16-14(17-9-5-11-19-2)18-10-8-12-6-3-4-7-13(12)15/h3-4,6-7H,5,8-11H2,1-2H3,(H2,16,17,18). The number of methoxy groups -OCH3 is 1. The lowest BCUT2D eigenvalue weighted by Gasteiger charge is -2.11. The summed E-state index contributed by atoms with van der Waals surface area (Å²) in [5, 5.41) is 6.32. The molecule has 0 aromatic heterocycles. The van der Waals surface area contributed by atoms with Gasteiger partial charge in [-0.1, -0.05) is 18.2 Å². The molecule has 0 fully saturated rings. The van der Waals surface area contributed by atoms with Crippen molar-refractivity contribution in [3.63, 3.8) is 0 Å². The summed E-state index contributed by atoms with van der Waals surface area (Å²) in [5.74, 6) is 0.569. The van der Waals surface area contributed by atoms with Crippen LogP contribution in [0.2, 0.25) is 0 Å². The molecule has 2 N–H and O–H groups in total. The van der Waals surface area contributed by atoms with Gasteiger partial charge in [0.15, 0.2) is 5.96 Å². The van der Waals surface area contributed by atoms with Gasteiger partial charge in [-0.2, -0.15) is 0 Å². The van der Waals surface area contributed by atoms with E-state index in [1.165, 1.54) is 6.07 Å². The van der Waals surface area contributed by atoms with Crippen molar-refractivity contribution in [3.05, 3.63) is 35.6 Å². The van der Waals surface area contributed by atoms with E-state index in [2.05, 4.69) is 15.6 Å². The summed E-state index contributed by atoms with van der Waals surface area (Å²) >= 11 is 0. The second-order valence-electron chi connectivity index (χ2n) is 4.11. The van der Waals surface area contributed by atoms with Crippen molar-refractivity contribution in [2.45, 2.75) is 12.8 Å². The third-order valence-corrected chi connectivity index (χ3v) is 2.69. The highest BCUT2D eigenvalue weighted by Crippen LogP contribution is 2.05. The van der Waals surface area contributed by atoms with Crippen LogP contribution in [-0.2, 0) is 11.2 Å². The molecule has 0 saturated carbocycles. The number of guanidine groups is 1. The molecule has 0 saturated heterocycles. The largest absolute Gasteiger partial charge is 0.385 e. The Kier molecular flexibility index (Phi) is 7.58. The molecule has 1 aromatic rings. The first kappa shape index (κ1) is 15.4. The molecule has 0 radical (unpaired) electrons. The Morgan fingerprint density at radius 2 is 2.00 bits per heavy atom. The molecule has 1 rings (SSSR count). The minimum absolute atomic E-state index is 0.160. The van der Waals surface area contributed by atoms with Gasteiger partial charge in [-0.15, -0.1) is 0 Å². The van der Waals surface area contributed by atoms with E-state index in [1.54, 1.807) is 26.3 Å². The minimum Gasteiger partial charge on any atom is -0.385 e. The second kappa shape index (κ2) is 9.33. The topological polar surface area (TPSA) is 45.7 Å². The maximum Gasteiger partial charge on any atom is 0.190 e. The van der Waals surface area contributed by atoms with E-state index in [9.17, 15) is 4.39 Å². The summed E-state index contributed by atoms with van der Waals surface area (Å²) in [6.07, 6.45) is 1.55. The zero-order chi connectivity index (χ0) is 13.9. The number of nitrogens with one attached hydrogen (secondary N) is 2. The van der Waals surface area contributed by atoms with Gasteiger partial charge in [-0.25, -0.2) is 4.39 Å². The van der Waals surface area contributed by atoms with Crippen molar-refractivity contribution in [1.29, 1.82) is 0 Å². The van der Waals surface area contributed by atoms with E-state index < -0.39 is 0 Å². The molecule has 0 aliphatic heterocycles. The van der Waals surface area contributed by atoms with E-state index >= 15 is 0 Å². The number of rotatable bonds is 7. The minimum atomic E-state index is -0.160. The second-order valence-corrected chi connectivity index (χ2v) is 4.11. The summed E-state index contributed by atoms with van der Waals surface area (Å²) in [6.45, 7) is 2.16. The lowest BCUT2D eigenvalue weighted by Crippen LogP contribution is -2.39. The first-order chi connectivity index (χ1) is 9.27. The van der Waals surface area contributed by atoms with Crippen LogP contribution in [-0.4, -0.2) is 39.8 Å². The summed E-state index contributed by atoms with van der Waals surface area (Å²) in [5.41, 5.74) is 0.713. The molecule has 0 spiro atoms. The molecule has 19 heavy (non-hydrogen) atoms. The van der Waals surface area contributed by atoms with E-state index in [0.29, 0.717) is 18.5 Å². The maximum absolute atomic E-state index is 13.4. The fraction of sp³-hybridized carbons (Fsp3) is 0.500. The van der Waals surface area contributed by atoms with Crippen molar-refractivity contribution in [3.8, 4) is 0 Å². The average Bonchev–Trinajstić information content (AvgIpc) is 2.43. The number of hydrogen-bond donors (Lipinski definition) is 2. The van der Waals surface area contributed by atoms with Gasteiger partial charge < -0.3 is 15.4 Å². The summed E-state index contributed by atoms with van der Waals surface area (Å²) in [4.78, 5) is 4.10. The smallest absolute Gasteiger partial charge is 0.190 e. The quantitative estimate of drug-likeness (QED) is 0.448. The number of ether oxygens (including phenoxy) is 1. The fourth-order valence-electron chi connectivity index (χ4n) is 1.66. The van der Waals surface area contributed by atoms with E-state index in [4.69, 9.17) is 4.74 Å². The third kappa shape index (κ3) is 6.20. The Bertz CT molecular complexity index is 396. The molecule has 0 unspecified atom stereocenters. The summed E-state index contributed by atoms with van der Waals surface area (Å²) in [7, 11) is 3.40. The number of benzene rings is 1. The first-order valence-electron chi connectivity index (χ1n) is 6.44. The number of hydrogen-bond acceptors (Lipinski definition) is 2. The van der Waals surface area contributed by atoms with Crippen LogP contribution in [0.4, 0.5) is 4.39 Å². The highest BCUT2D eigenvalue weighted by atomic mass is 19.1. The van der Waals surface area contributed by atoms with Crippen LogP contribution in [0.3, 0.4) is 0 Å². The molecule has 4 nitrogen and oxygen atoms in total. The van der Waals surface area contributed by atoms with Crippen LogP contribution in [0.25, 0.3) is 0 Å². The van der Waals surface area contributed by atoms with Gasteiger partial charge in [0.2, 0.25) is 0 Å². The van der Waals surface area contributed by atoms with Crippen molar-refractivity contribution in [2.24, 2.45) is 4.99 Å². The molecule has 0 aliphatic rings. The monoisotopic (exact) mass is 267 g/mol. The fourth-order valence-corrected chi connectivity index (χ4v) is 1.66. The average molecular weight is 267 g/mol. The molecule has 0 aliphatic carbocycles. The number of nitrogens with zero attached hydrogens (tertiary/aromatic N) is 1. The van der Waals surface area contributed by atoms with Crippen LogP contribution in [0.15, 0.2) is 29.3 Å². The molecule has 0 heterocycles. The van der Waals surface area contributed by atoms with E-state index in [1.807, 2.05) is 6.07 Å². The normalized spacial score (nSPS) is 11.4. The molecule has 0 bridgehead atoms. The Hall–Kier alpha value is -1.62. The van der Waals surface area contributed by atoms with Crippen LogP contribution < -0.4 is 10.6 Å². The SMILES string of the molecule is CN=C(NCCCOC)NCCc1ccccc1F. The zero-order valence-corrected chi connectivity index (χ0v) is 11.6. The summed E-state index contributed by atoms with van der Waals surface area (Å²) < 4.78 is 18.4. The predicted molar refractivity (Wildman–Crippen MR) is 76.0 cm³/mol. The van der Waals surface area contributed by atoms with Gasteiger partial charge in [0, 0.05) is 33.9 Å². The van der Waals surface area contributed by atoms with Crippen molar-refractivity contribution >= 4 is 5.96 Å². The van der Waals surface area contributed by atoms with Crippen LogP contribution in [0, 0.1) is 5.82 Å². The molecular formula is C14H22FN3O. The molecule has 5 heteroatoms. The predicted octanol–water partition coefficient (Wildman–Crippen LogP) is 1.57. The first-order valence-corrected chi connectivity index (χ1v) is 6.44. The Labute approximate surface area is 114 Å². The highest BCUT2D eigenvalue weighted by Gasteiger charge is 2.01. The Balaban J connectivity index is 2.25. The molecular weight excluding hydrogens is 245 g/mol. The molecule has 106 valence electrons. The van der Waals surface area contributed by atoms with Gasteiger partial charge >= 0.3 is 0 Å². The van der Waals surface area contributed by atoms with E-state index in [-0.39, 0.29) is 5.82 Å².